The van der Waals surface area contributed by atoms with Crippen LogP contribution in [0.25, 0.3) is 0 Å². The second-order valence-corrected chi connectivity index (χ2v) is 6.08. The number of aromatic nitrogens is 1. The molecule has 2 aromatic rings. The van der Waals surface area contributed by atoms with Crippen LogP contribution in [0.2, 0.25) is 0 Å². The minimum absolute atomic E-state index is 0. The fraction of sp³-hybridized carbons (Fsp3) is 0.375. The van der Waals surface area contributed by atoms with Gasteiger partial charge in [0.05, 0.1) is 13.2 Å². The molecule has 0 amide bonds. The Morgan fingerprint density at radius 3 is 2.52 bits per heavy atom. The number of nitrogens with zero attached hydrogens (tertiary/aromatic N) is 2. The molecule has 0 bridgehead atoms. The van der Waals surface area contributed by atoms with Crippen molar-refractivity contribution in [2.75, 3.05) is 20.2 Å². The topological polar surface area (TPSA) is 58.5 Å². The van der Waals surface area contributed by atoms with Gasteiger partial charge >= 0.3 is 6.18 Å². The lowest BCUT2D eigenvalue weighted by atomic mass is 10.3. The monoisotopic (exact) mass is 518 g/mol. The van der Waals surface area contributed by atoms with E-state index in [1.54, 1.807) is 19.2 Å². The van der Waals surface area contributed by atoms with Gasteiger partial charge in [-0.2, -0.15) is 13.2 Å². The molecule has 11 heteroatoms. The second kappa shape index (κ2) is 11.3. The molecule has 2 rings (SSSR count). The van der Waals surface area contributed by atoms with E-state index in [-0.39, 0.29) is 36.3 Å². The van der Waals surface area contributed by atoms with Gasteiger partial charge in [0, 0.05) is 19.0 Å². The van der Waals surface area contributed by atoms with E-state index >= 15 is 0 Å². The van der Waals surface area contributed by atoms with Gasteiger partial charge in [0.1, 0.15) is 16.6 Å². The highest BCUT2D eigenvalue weighted by Gasteiger charge is 2.33. The van der Waals surface area contributed by atoms with E-state index < -0.39 is 11.9 Å². The lowest BCUT2D eigenvalue weighted by Gasteiger charge is -2.11. The van der Waals surface area contributed by atoms with Gasteiger partial charge < -0.3 is 15.4 Å². The Morgan fingerprint density at radius 2 is 1.93 bits per heavy atom. The number of hydrogen-bond acceptors (Lipinski definition) is 4. The van der Waals surface area contributed by atoms with Gasteiger partial charge in [-0.3, -0.25) is 4.99 Å². The van der Waals surface area contributed by atoms with Crippen LogP contribution in [-0.4, -0.2) is 31.1 Å². The Kier molecular flexibility index (Phi) is 9.77. The van der Waals surface area contributed by atoms with Gasteiger partial charge in [0.2, 0.25) is 0 Å². The predicted octanol–water partition coefficient (Wildman–Crippen LogP) is 4.05. The number of nitrogens with one attached hydrogen (secondary N) is 2. The van der Waals surface area contributed by atoms with Crippen LogP contribution in [0.4, 0.5) is 17.6 Å². The van der Waals surface area contributed by atoms with Crippen molar-refractivity contribution >= 4 is 41.3 Å². The van der Waals surface area contributed by atoms with Gasteiger partial charge in [0.25, 0.3) is 0 Å². The number of benzene rings is 1. The summed E-state index contributed by atoms with van der Waals surface area (Å²) in [6.45, 7) is 1.12. The SMILES string of the molecule is CN=C(NCCCOc1ccc(F)cc1)NCc1nc(C(F)(F)F)cs1.I. The van der Waals surface area contributed by atoms with Crippen molar-refractivity contribution in [2.45, 2.75) is 19.1 Å². The molecule has 0 spiro atoms. The van der Waals surface area contributed by atoms with Gasteiger partial charge in [-0.25, -0.2) is 9.37 Å². The highest BCUT2D eigenvalue weighted by Crippen LogP contribution is 2.29. The highest BCUT2D eigenvalue weighted by molar-refractivity contribution is 14.0. The predicted molar refractivity (Wildman–Crippen MR) is 107 cm³/mol. The maximum absolute atomic E-state index is 12.8. The fourth-order valence-corrected chi connectivity index (χ4v) is 2.64. The van der Waals surface area contributed by atoms with Gasteiger partial charge in [-0.1, -0.05) is 0 Å². The molecular weight excluding hydrogens is 499 g/mol. The summed E-state index contributed by atoms with van der Waals surface area (Å²) < 4.78 is 55.7. The first-order valence-electron chi connectivity index (χ1n) is 7.73. The maximum Gasteiger partial charge on any atom is 0.434 e. The molecule has 1 aromatic heterocycles. The van der Waals surface area contributed by atoms with Crippen molar-refractivity contribution in [1.29, 1.82) is 0 Å². The Bertz CT molecular complexity index is 722. The van der Waals surface area contributed by atoms with E-state index in [2.05, 4.69) is 20.6 Å². The molecule has 0 saturated carbocycles. The number of halogens is 5. The Morgan fingerprint density at radius 1 is 1.22 bits per heavy atom. The summed E-state index contributed by atoms with van der Waals surface area (Å²) in [7, 11) is 1.56. The van der Waals surface area contributed by atoms with Crippen molar-refractivity contribution in [1.82, 2.24) is 15.6 Å². The molecular formula is C16H19F4IN4OS. The van der Waals surface area contributed by atoms with E-state index in [1.807, 2.05) is 0 Å². The Labute approximate surface area is 175 Å². The van der Waals surface area contributed by atoms with Crippen LogP contribution < -0.4 is 15.4 Å². The van der Waals surface area contributed by atoms with Crippen LogP contribution >= 0.6 is 35.3 Å². The molecule has 0 aliphatic heterocycles. The average Bonchev–Trinajstić information content (AvgIpc) is 3.08. The van der Waals surface area contributed by atoms with Crippen molar-refractivity contribution in [3.63, 3.8) is 0 Å². The Balaban J connectivity index is 0.00000364. The summed E-state index contributed by atoms with van der Waals surface area (Å²) in [4.78, 5) is 7.53. The molecule has 0 aliphatic carbocycles. The maximum atomic E-state index is 12.8. The number of guanidine groups is 1. The zero-order valence-corrected chi connectivity index (χ0v) is 17.5. The molecule has 0 saturated heterocycles. The quantitative estimate of drug-likeness (QED) is 0.191. The third-order valence-corrected chi connectivity index (χ3v) is 4.02. The third kappa shape index (κ3) is 8.28. The zero-order valence-electron chi connectivity index (χ0n) is 14.3. The molecule has 2 N–H and O–H groups in total. The van der Waals surface area contributed by atoms with Crippen LogP contribution in [0, 0.1) is 5.82 Å². The van der Waals surface area contributed by atoms with Crippen LogP contribution in [0.5, 0.6) is 5.75 Å². The summed E-state index contributed by atoms with van der Waals surface area (Å²) in [5, 5.41) is 7.23. The summed E-state index contributed by atoms with van der Waals surface area (Å²) in [6.07, 6.45) is -3.77. The van der Waals surface area contributed by atoms with Crippen LogP contribution in [-0.2, 0) is 12.7 Å². The lowest BCUT2D eigenvalue weighted by Crippen LogP contribution is -2.37. The zero-order chi connectivity index (χ0) is 19.0. The minimum Gasteiger partial charge on any atom is -0.494 e. The van der Waals surface area contributed by atoms with E-state index in [1.165, 1.54) is 12.1 Å². The smallest absolute Gasteiger partial charge is 0.434 e. The van der Waals surface area contributed by atoms with E-state index in [4.69, 9.17) is 4.74 Å². The molecule has 0 fully saturated rings. The molecule has 0 unspecified atom stereocenters. The van der Waals surface area contributed by atoms with Crippen LogP contribution in [0.15, 0.2) is 34.6 Å². The molecule has 0 aliphatic rings. The molecule has 5 nitrogen and oxygen atoms in total. The average molecular weight is 518 g/mol. The first kappa shape index (κ1) is 23.4. The number of ether oxygens (including phenoxy) is 1. The Hall–Kier alpha value is -1.63. The van der Waals surface area contributed by atoms with E-state index in [9.17, 15) is 17.6 Å². The largest absolute Gasteiger partial charge is 0.494 e. The molecule has 0 atom stereocenters. The van der Waals surface area contributed by atoms with Crippen molar-refractivity contribution in [3.05, 3.63) is 46.2 Å². The van der Waals surface area contributed by atoms with E-state index in [0.717, 1.165) is 16.7 Å². The number of aliphatic imine (C=N–C) groups is 1. The number of rotatable bonds is 7. The highest BCUT2D eigenvalue weighted by atomic mass is 127. The van der Waals surface area contributed by atoms with Crippen LogP contribution in [0.1, 0.15) is 17.1 Å². The van der Waals surface area contributed by atoms with Crippen molar-refractivity contribution in [2.24, 2.45) is 4.99 Å². The van der Waals surface area contributed by atoms with Gasteiger partial charge in [0.15, 0.2) is 11.7 Å². The molecule has 1 heterocycles. The van der Waals surface area contributed by atoms with Gasteiger partial charge in [-0.15, -0.1) is 35.3 Å². The normalized spacial score (nSPS) is 11.7. The molecule has 150 valence electrons. The summed E-state index contributed by atoms with van der Waals surface area (Å²) >= 11 is 0.936. The first-order chi connectivity index (χ1) is 12.4. The lowest BCUT2D eigenvalue weighted by molar-refractivity contribution is -0.140. The van der Waals surface area contributed by atoms with Crippen molar-refractivity contribution < 1.29 is 22.3 Å². The molecule has 0 radical (unpaired) electrons. The third-order valence-electron chi connectivity index (χ3n) is 3.17. The summed E-state index contributed by atoms with van der Waals surface area (Å²) in [5.41, 5.74) is -0.889. The summed E-state index contributed by atoms with van der Waals surface area (Å²) in [6, 6.07) is 5.74. The number of hydrogen-bond donors (Lipinski definition) is 2. The molecule has 27 heavy (non-hydrogen) atoms. The fourth-order valence-electron chi connectivity index (χ4n) is 1.90. The minimum atomic E-state index is -4.43. The standard InChI is InChI=1S/C16H18F4N4OS.HI/c1-21-15(23-9-14-24-13(10-26-14)16(18,19)20)22-7-2-8-25-12-5-3-11(17)4-6-12;/h3-6,10H,2,7-9H2,1H3,(H2,21,22,23);1H. The van der Waals surface area contributed by atoms with Gasteiger partial charge in [-0.05, 0) is 30.7 Å². The van der Waals surface area contributed by atoms with Crippen LogP contribution in [0.3, 0.4) is 0 Å². The first-order valence-corrected chi connectivity index (χ1v) is 8.61. The molecule has 1 aromatic carbocycles. The van der Waals surface area contributed by atoms with Crippen molar-refractivity contribution in [3.8, 4) is 5.75 Å². The van der Waals surface area contributed by atoms with E-state index in [0.29, 0.717) is 36.3 Å². The number of thiazole rings is 1. The second-order valence-electron chi connectivity index (χ2n) is 5.13. The number of alkyl halides is 3. The summed E-state index contributed by atoms with van der Waals surface area (Å²) in [5.74, 6) is 0.713.